The van der Waals surface area contributed by atoms with Crippen molar-refractivity contribution < 1.29 is 4.79 Å². The molecule has 5 nitrogen and oxygen atoms in total. The van der Waals surface area contributed by atoms with Gasteiger partial charge in [0.2, 0.25) is 5.91 Å². The van der Waals surface area contributed by atoms with Crippen molar-refractivity contribution in [3.63, 3.8) is 0 Å². The van der Waals surface area contributed by atoms with E-state index in [0.29, 0.717) is 34.1 Å². The molecule has 0 radical (unpaired) electrons. The zero-order valence-electron chi connectivity index (χ0n) is 17.0. The Kier molecular flexibility index (Phi) is 7.47. The number of aromatic nitrogens is 3. The Morgan fingerprint density at radius 2 is 1.59 bits per heavy atom. The Hall–Kier alpha value is -2.80. The Balaban J connectivity index is 1.49. The number of rotatable bonds is 8. The van der Waals surface area contributed by atoms with Crippen LogP contribution in [0, 0.1) is 0 Å². The summed E-state index contributed by atoms with van der Waals surface area (Å²) in [4.78, 5) is 12.4. The SMILES string of the molecule is O=C(CSc1nnc(-c2ccccc2Cl)n1Cc1ccccc1)NCc1ccc(Cl)cc1. The van der Waals surface area contributed by atoms with Crippen molar-refractivity contribution in [2.24, 2.45) is 0 Å². The van der Waals surface area contributed by atoms with Crippen molar-refractivity contribution in [1.82, 2.24) is 20.1 Å². The highest BCUT2D eigenvalue weighted by atomic mass is 35.5. The number of benzene rings is 3. The Bertz CT molecular complexity index is 1200. The molecule has 0 spiro atoms. The molecule has 8 heteroatoms. The van der Waals surface area contributed by atoms with Gasteiger partial charge in [0, 0.05) is 17.1 Å². The lowest BCUT2D eigenvalue weighted by molar-refractivity contribution is -0.118. The summed E-state index contributed by atoms with van der Waals surface area (Å²) in [5.74, 6) is 0.810. The summed E-state index contributed by atoms with van der Waals surface area (Å²) in [6.07, 6.45) is 0. The van der Waals surface area contributed by atoms with E-state index >= 15 is 0 Å². The zero-order chi connectivity index (χ0) is 22.3. The van der Waals surface area contributed by atoms with E-state index in [2.05, 4.69) is 15.5 Å². The smallest absolute Gasteiger partial charge is 0.230 e. The molecule has 0 saturated carbocycles. The molecule has 1 amide bonds. The van der Waals surface area contributed by atoms with Crippen LogP contribution in [0.2, 0.25) is 10.0 Å². The minimum absolute atomic E-state index is 0.0847. The van der Waals surface area contributed by atoms with E-state index in [1.165, 1.54) is 11.8 Å². The van der Waals surface area contributed by atoms with Gasteiger partial charge in [0.25, 0.3) is 0 Å². The fraction of sp³-hybridized carbons (Fsp3) is 0.125. The van der Waals surface area contributed by atoms with Crippen LogP contribution in [0.15, 0.2) is 84.0 Å². The van der Waals surface area contributed by atoms with Crippen molar-refractivity contribution in [3.05, 3.63) is 100 Å². The van der Waals surface area contributed by atoms with Gasteiger partial charge in [-0.3, -0.25) is 9.36 Å². The molecule has 3 aromatic carbocycles. The third kappa shape index (κ3) is 5.71. The molecule has 0 aliphatic carbocycles. The quantitative estimate of drug-likeness (QED) is 0.326. The van der Waals surface area contributed by atoms with Crippen LogP contribution >= 0.6 is 35.0 Å². The fourth-order valence-electron chi connectivity index (χ4n) is 3.13. The fourth-order valence-corrected chi connectivity index (χ4v) is 4.24. The lowest BCUT2D eigenvalue weighted by Gasteiger charge is -2.11. The predicted octanol–water partition coefficient (Wildman–Crippen LogP) is 5.71. The largest absolute Gasteiger partial charge is 0.351 e. The number of halogens is 2. The molecule has 0 aliphatic heterocycles. The number of carbonyl (C=O) groups excluding carboxylic acids is 1. The topological polar surface area (TPSA) is 59.8 Å². The van der Waals surface area contributed by atoms with Crippen LogP contribution in [0.5, 0.6) is 0 Å². The number of nitrogens with one attached hydrogen (secondary N) is 1. The maximum atomic E-state index is 12.4. The third-order valence-electron chi connectivity index (χ3n) is 4.75. The number of hydrogen-bond donors (Lipinski definition) is 1. The normalized spacial score (nSPS) is 10.8. The third-order valence-corrected chi connectivity index (χ3v) is 6.30. The van der Waals surface area contributed by atoms with E-state index in [-0.39, 0.29) is 11.7 Å². The average molecular weight is 483 g/mol. The first-order valence-electron chi connectivity index (χ1n) is 9.96. The second-order valence-electron chi connectivity index (χ2n) is 7.05. The van der Waals surface area contributed by atoms with Crippen molar-refractivity contribution >= 4 is 40.9 Å². The molecule has 32 heavy (non-hydrogen) atoms. The molecule has 1 heterocycles. The van der Waals surface area contributed by atoms with E-state index in [0.717, 1.165) is 16.7 Å². The standard InChI is InChI=1S/C24H20Cl2N4OS/c25-19-12-10-17(11-13-19)14-27-22(31)16-32-24-29-28-23(20-8-4-5-9-21(20)26)30(24)15-18-6-2-1-3-7-18/h1-13H,14-16H2,(H,27,31). The Morgan fingerprint density at radius 3 is 2.34 bits per heavy atom. The van der Waals surface area contributed by atoms with E-state index in [1.807, 2.05) is 71.3 Å². The number of amides is 1. The van der Waals surface area contributed by atoms with Crippen molar-refractivity contribution in [2.45, 2.75) is 18.2 Å². The lowest BCUT2D eigenvalue weighted by Crippen LogP contribution is -2.24. The van der Waals surface area contributed by atoms with Crippen molar-refractivity contribution in [1.29, 1.82) is 0 Å². The van der Waals surface area contributed by atoms with E-state index in [4.69, 9.17) is 23.2 Å². The van der Waals surface area contributed by atoms with Crippen LogP contribution in [0.3, 0.4) is 0 Å². The van der Waals surface area contributed by atoms with Crippen molar-refractivity contribution in [2.75, 3.05) is 5.75 Å². The maximum Gasteiger partial charge on any atom is 0.230 e. The molecule has 0 aliphatic rings. The Morgan fingerprint density at radius 1 is 0.875 bits per heavy atom. The summed E-state index contributed by atoms with van der Waals surface area (Å²) in [5, 5.41) is 13.6. The van der Waals surface area contributed by atoms with E-state index in [1.54, 1.807) is 12.1 Å². The minimum Gasteiger partial charge on any atom is -0.351 e. The molecule has 0 fully saturated rings. The summed E-state index contributed by atoms with van der Waals surface area (Å²) in [5.41, 5.74) is 2.90. The molecule has 0 bridgehead atoms. The van der Waals surface area contributed by atoms with E-state index in [9.17, 15) is 4.79 Å². The first-order chi connectivity index (χ1) is 15.6. The molecule has 4 rings (SSSR count). The lowest BCUT2D eigenvalue weighted by atomic mass is 10.2. The van der Waals surface area contributed by atoms with Gasteiger partial charge in [-0.1, -0.05) is 89.6 Å². The molecule has 1 aromatic heterocycles. The average Bonchev–Trinajstić information content (AvgIpc) is 3.20. The van der Waals surface area contributed by atoms with Gasteiger partial charge in [-0.05, 0) is 35.4 Å². The highest BCUT2D eigenvalue weighted by Gasteiger charge is 2.18. The summed E-state index contributed by atoms with van der Waals surface area (Å²) >= 11 is 13.7. The maximum absolute atomic E-state index is 12.4. The summed E-state index contributed by atoms with van der Waals surface area (Å²) < 4.78 is 1.99. The zero-order valence-corrected chi connectivity index (χ0v) is 19.4. The molecular formula is C24H20Cl2N4OS. The second-order valence-corrected chi connectivity index (χ2v) is 8.84. The molecule has 0 atom stereocenters. The first-order valence-corrected chi connectivity index (χ1v) is 11.7. The van der Waals surface area contributed by atoms with Gasteiger partial charge < -0.3 is 5.32 Å². The van der Waals surface area contributed by atoms with Gasteiger partial charge in [-0.25, -0.2) is 0 Å². The van der Waals surface area contributed by atoms with Gasteiger partial charge in [-0.2, -0.15) is 0 Å². The monoisotopic (exact) mass is 482 g/mol. The van der Waals surface area contributed by atoms with Crippen molar-refractivity contribution in [3.8, 4) is 11.4 Å². The summed E-state index contributed by atoms with van der Waals surface area (Å²) in [6.45, 7) is 1.02. The predicted molar refractivity (Wildman–Crippen MR) is 130 cm³/mol. The first kappa shape index (κ1) is 22.4. The Labute approximate surface area is 200 Å². The highest BCUT2D eigenvalue weighted by Crippen LogP contribution is 2.30. The van der Waals surface area contributed by atoms with E-state index < -0.39 is 0 Å². The number of hydrogen-bond acceptors (Lipinski definition) is 4. The summed E-state index contributed by atoms with van der Waals surface area (Å²) in [6, 6.07) is 25.0. The number of carbonyl (C=O) groups is 1. The molecule has 1 N–H and O–H groups in total. The minimum atomic E-state index is -0.0847. The number of thioether (sulfide) groups is 1. The second kappa shape index (κ2) is 10.7. The number of nitrogens with zero attached hydrogens (tertiary/aromatic N) is 3. The van der Waals surface area contributed by atoms with Crippen LogP contribution in [-0.2, 0) is 17.9 Å². The molecule has 0 unspecified atom stereocenters. The molecule has 162 valence electrons. The van der Waals surface area contributed by atoms with Gasteiger partial charge in [-0.15, -0.1) is 10.2 Å². The van der Waals surface area contributed by atoms with Gasteiger partial charge in [0.1, 0.15) is 0 Å². The van der Waals surface area contributed by atoms with Gasteiger partial charge in [0.15, 0.2) is 11.0 Å². The highest BCUT2D eigenvalue weighted by molar-refractivity contribution is 7.99. The molecule has 4 aromatic rings. The van der Waals surface area contributed by atoms with Crippen LogP contribution < -0.4 is 5.32 Å². The molecule has 0 saturated heterocycles. The van der Waals surface area contributed by atoms with Crippen LogP contribution in [0.4, 0.5) is 0 Å². The summed E-state index contributed by atoms with van der Waals surface area (Å²) in [7, 11) is 0. The van der Waals surface area contributed by atoms with Gasteiger partial charge >= 0.3 is 0 Å². The van der Waals surface area contributed by atoms with Crippen LogP contribution in [0.25, 0.3) is 11.4 Å². The molecular weight excluding hydrogens is 463 g/mol. The van der Waals surface area contributed by atoms with Crippen LogP contribution in [0.1, 0.15) is 11.1 Å². The van der Waals surface area contributed by atoms with Gasteiger partial charge in [0.05, 0.1) is 17.3 Å². The van der Waals surface area contributed by atoms with Crippen LogP contribution in [-0.4, -0.2) is 26.4 Å².